The van der Waals surface area contributed by atoms with E-state index in [0.29, 0.717) is 29.5 Å². The second-order valence-corrected chi connectivity index (χ2v) is 6.02. The summed E-state index contributed by atoms with van der Waals surface area (Å²) in [6, 6.07) is 13.3. The fraction of sp³-hybridized carbons (Fsp3) is 0.222. The van der Waals surface area contributed by atoms with Crippen LogP contribution in [0.5, 0.6) is 5.75 Å². The highest BCUT2D eigenvalue weighted by molar-refractivity contribution is 6.08. The molecule has 7 nitrogen and oxygen atoms in total. The average Bonchev–Trinajstić information content (AvgIpc) is 3.29. The molecule has 126 valence electrons. The Kier molecular flexibility index (Phi) is 3.68. The summed E-state index contributed by atoms with van der Waals surface area (Å²) in [7, 11) is 1.57. The number of nitrogens with zero attached hydrogens (tertiary/aromatic N) is 5. The van der Waals surface area contributed by atoms with E-state index in [2.05, 4.69) is 28.5 Å². The summed E-state index contributed by atoms with van der Waals surface area (Å²) in [6.07, 6.45) is 1.47. The molecule has 0 fully saturated rings. The van der Waals surface area contributed by atoms with Crippen molar-refractivity contribution in [2.24, 2.45) is 0 Å². The van der Waals surface area contributed by atoms with Gasteiger partial charge in [-0.25, -0.2) is 0 Å². The van der Waals surface area contributed by atoms with Gasteiger partial charge in [0, 0.05) is 23.7 Å². The Bertz CT molecular complexity index is 923. The Morgan fingerprint density at radius 2 is 2.04 bits per heavy atom. The molecular formula is C18H17N5O2. The highest BCUT2D eigenvalue weighted by atomic mass is 16.5. The van der Waals surface area contributed by atoms with Crippen molar-refractivity contribution in [3.05, 3.63) is 59.9 Å². The van der Waals surface area contributed by atoms with Gasteiger partial charge in [-0.1, -0.05) is 25.1 Å². The summed E-state index contributed by atoms with van der Waals surface area (Å²) in [5.41, 5.74) is 3.36. The molecule has 1 aliphatic rings. The number of aromatic nitrogens is 4. The van der Waals surface area contributed by atoms with Crippen molar-refractivity contribution in [1.29, 1.82) is 0 Å². The van der Waals surface area contributed by atoms with Crippen LogP contribution in [0.3, 0.4) is 0 Å². The number of para-hydroxylation sites is 1. The third kappa shape index (κ3) is 2.53. The van der Waals surface area contributed by atoms with Gasteiger partial charge >= 0.3 is 0 Å². The van der Waals surface area contributed by atoms with Gasteiger partial charge in [0.05, 0.1) is 7.11 Å². The molecule has 2 aromatic carbocycles. The standard InChI is InChI=1S/C18H17N5O2/c1-12-10-22(15-6-4-3-5-14(12)15)18(24)13-7-8-17(25-2)16(9-13)23-11-19-20-21-23/h3-9,11-12H,10H2,1-2H3/t12-/m0/s1. The van der Waals surface area contributed by atoms with Gasteiger partial charge in [0.2, 0.25) is 0 Å². The molecule has 0 spiro atoms. The molecule has 0 bridgehead atoms. The summed E-state index contributed by atoms with van der Waals surface area (Å²) in [5, 5.41) is 11.2. The second kappa shape index (κ2) is 6.01. The molecule has 2 heterocycles. The first-order valence-electron chi connectivity index (χ1n) is 8.01. The van der Waals surface area contributed by atoms with Gasteiger partial charge in [-0.15, -0.1) is 5.10 Å². The number of methoxy groups -OCH3 is 1. The lowest BCUT2D eigenvalue weighted by Gasteiger charge is -2.18. The van der Waals surface area contributed by atoms with Crippen LogP contribution >= 0.6 is 0 Å². The normalized spacial score (nSPS) is 15.9. The fourth-order valence-electron chi connectivity index (χ4n) is 3.24. The Labute approximate surface area is 144 Å². The molecular weight excluding hydrogens is 318 g/mol. The number of rotatable bonds is 3. The average molecular weight is 335 g/mol. The van der Waals surface area contributed by atoms with Crippen molar-refractivity contribution in [3.8, 4) is 11.4 Å². The third-order valence-electron chi connectivity index (χ3n) is 4.48. The molecule has 7 heteroatoms. The second-order valence-electron chi connectivity index (χ2n) is 6.02. The molecule has 1 aromatic heterocycles. The van der Waals surface area contributed by atoms with Crippen molar-refractivity contribution in [1.82, 2.24) is 20.2 Å². The van der Waals surface area contributed by atoms with Crippen LogP contribution in [-0.2, 0) is 0 Å². The van der Waals surface area contributed by atoms with Gasteiger partial charge < -0.3 is 9.64 Å². The van der Waals surface area contributed by atoms with E-state index in [1.807, 2.05) is 23.1 Å². The number of tetrazole rings is 1. The number of amides is 1. The van der Waals surface area contributed by atoms with E-state index < -0.39 is 0 Å². The van der Waals surface area contributed by atoms with Crippen molar-refractivity contribution < 1.29 is 9.53 Å². The van der Waals surface area contributed by atoms with E-state index in [-0.39, 0.29) is 5.91 Å². The van der Waals surface area contributed by atoms with Crippen LogP contribution < -0.4 is 9.64 Å². The van der Waals surface area contributed by atoms with Gasteiger partial charge in [-0.05, 0) is 40.3 Å². The van der Waals surface area contributed by atoms with E-state index in [9.17, 15) is 4.79 Å². The predicted octanol–water partition coefficient (Wildman–Crippen LogP) is 2.43. The first-order chi connectivity index (χ1) is 12.2. The van der Waals surface area contributed by atoms with Crippen LogP contribution in [0.4, 0.5) is 5.69 Å². The van der Waals surface area contributed by atoms with E-state index in [1.165, 1.54) is 16.6 Å². The number of benzene rings is 2. The van der Waals surface area contributed by atoms with Gasteiger partial charge in [0.1, 0.15) is 17.8 Å². The molecule has 1 aliphatic heterocycles. The van der Waals surface area contributed by atoms with Crippen molar-refractivity contribution >= 4 is 11.6 Å². The Balaban J connectivity index is 1.74. The Morgan fingerprint density at radius 1 is 1.20 bits per heavy atom. The molecule has 0 N–H and O–H groups in total. The summed E-state index contributed by atoms with van der Waals surface area (Å²) in [6.45, 7) is 2.80. The Morgan fingerprint density at radius 3 is 2.80 bits per heavy atom. The van der Waals surface area contributed by atoms with Crippen molar-refractivity contribution in [2.75, 3.05) is 18.6 Å². The number of ether oxygens (including phenoxy) is 1. The summed E-state index contributed by atoms with van der Waals surface area (Å²) >= 11 is 0. The van der Waals surface area contributed by atoms with Crippen LogP contribution in [-0.4, -0.2) is 39.8 Å². The zero-order valence-electron chi connectivity index (χ0n) is 14.0. The molecule has 0 aliphatic carbocycles. The van der Waals surface area contributed by atoms with Gasteiger partial charge in [0.15, 0.2) is 0 Å². The maximum atomic E-state index is 13.1. The van der Waals surface area contributed by atoms with Crippen molar-refractivity contribution in [2.45, 2.75) is 12.8 Å². The zero-order chi connectivity index (χ0) is 17.4. The minimum Gasteiger partial charge on any atom is -0.494 e. The smallest absolute Gasteiger partial charge is 0.258 e. The van der Waals surface area contributed by atoms with Gasteiger partial charge in [0.25, 0.3) is 5.91 Å². The third-order valence-corrected chi connectivity index (χ3v) is 4.48. The monoisotopic (exact) mass is 335 g/mol. The topological polar surface area (TPSA) is 73.1 Å². The van der Waals surface area contributed by atoms with E-state index >= 15 is 0 Å². The summed E-state index contributed by atoms with van der Waals surface area (Å²) < 4.78 is 6.84. The molecule has 1 atom stereocenters. The number of hydrogen-bond donors (Lipinski definition) is 0. The zero-order valence-corrected chi connectivity index (χ0v) is 14.0. The molecule has 4 rings (SSSR count). The van der Waals surface area contributed by atoms with E-state index in [4.69, 9.17) is 4.74 Å². The first kappa shape index (κ1) is 15.3. The molecule has 1 amide bonds. The maximum absolute atomic E-state index is 13.1. The quantitative estimate of drug-likeness (QED) is 0.735. The minimum absolute atomic E-state index is 0.0474. The molecule has 3 aromatic rings. The number of fused-ring (bicyclic) bond motifs is 1. The molecule has 0 saturated heterocycles. The highest BCUT2D eigenvalue weighted by Gasteiger charge is 2.30. The summed E-state index contributed by atoms with van der Waals surface area (Å²) in [5.74, 6) is 0.866. The lowest BCUT2D eigenvalue weighted by atomic mass is 10.0. The molecule has 25 heavy (non-hydrogen) atoms. The minimum atomic E-state index is -0.0474. The molecule has 0 radical (unpaired) electrons. The largest absolute Gasteiger partial charge is 0.494 e. The SMILES string of the molecule is COc1ccc(C(=O)N2C[C@H](C)c3ccccc32)cc1-n1cnnn1. The van der Waals surface area contributed by atoms with Crippen LogP contribution in [0.2, 0.25) is 0 Å². The van der Waals surface area contributed by atoms with Crippen LogP contribution in [0.1, 0.15) is 28.8 Å². The number of carbonyl (C=O) groups is 1. The van der Waals surface area contributed by atoms with Gasteiger partial charge in [-0.2, -0.15) is 4.68 Å². The number of hydrogen-bond acceptors (Lipinski definition) is 5. The fourth-order valence-corrected chi connectivity index (χ4v) is 3.24. The molecule has 0 unspecified atom stereocenters. The Hall–Kier alpha value is -3.22. The number of anilines is 1. The highest BCUT2D eigenvalue weighted by Crippen LogP contribution is 2.37. The lowest BCUT2D eigenvalue weighted by molar-refractivity contribution is 0.0988. The van der Waals surface area contributed by atoms with E-state index in [1.54, 1.807) is 25.3 Å². The summed E-state index contributed by atoms with van der Waals surface area (Å²) in [4.78, 5) is 14.9. The lowest BCUT2D eigenvalue weighted by Crippen LogP contribution is -2.29. The van der Waals surface area contributed by atoms with E-state index in [0.717, 1.165) is 5.69 Å². The van der Waals surface area contributed by atoms with Gasteiger partial charge in [-0.3, -0.25) is 4.79 Å². The number of carbonyl (C=O) groups excluding carboxylic acids is 1. The van der Waals surface area contributed by atoms with Crippen LogP contribution in [0.25, 0.3) is 5.69 Å². The van der Waals surface area contributed by atoms with Crippen molar-refractivity contribution in [3.63, 3.8) is 0 Å². The maximum Gasteiger partial charge on any atom is 0.258 e. The van der Waals surface area contributed by atoms with Crippen LogP contribution in [0, 0.1) is 0 Å². The predicted molar refractivity (Wildman–Crippen MR) is 92.2 cm³/mol. The molecule has 0 saturated carbocycles. The van der Waals surface area contributed by atoms with Crippen LogP contribution in [0.15, 0.2) is 48.8 Å². The first-order valence-corrected chi connectivity index (χ1v) is 8.01.